The van der Waals surface area contributed by atoms with E-state index in [1.54, 1.807) is 29.2 Å². The molecule has 0 aliphatic carbocycles. The number of pyridine rings is 1. The number of anilines is 1. The standard InChI is InChI=1S/C20H22N6O6/c1-12(2)25-11-21-19(24-25)15-7-13(8-16(26(29)30)18(15)31-3)9-32-10-14-5-4-6-17(22-14)23-20(27)28/h4-8,11-12H,9-10H2,1-3H3,(H,22,23)(H,27,28). The van der Waals surface area contributed by atoms with Crippen molar-refractivity contribution < 1.29 is 24.3 Å². The number of nitro benzene ring substituents is 1. The van der Waals surface area contributed by atoms with Crippen LogP contribution in [0.2, 0.25) is 0 Å². The molecule has 0 saturated heterocycles. The van der Waals surface area contributed by atoms with Crippen molar-refractivity contribution in [3.63, 3.8) is 0 Å². The molecular formula is C20H22N6O6. The van der Waals surface area contributed by atoms with Crippen LogP contribution in [0, 0.1) is 10.1 Å². The maximum Gasteiger partial charge on any atom is 0.410 e. The Labute approximate surface area is 183 Å². The number of nitrogens with one attached hydrogen (secondary N) is 1. The van der Waals surface area contributed by atoms with E-state index in [4.69, 9.17) is 14.6 Å². The average Bonchev–Trinajstić information content (AvgIpc) is 3.23. The third-order valence-electron chi connectivity index (χ3n) is 4.37. The van der Waals surface area contributed by atoms with Crippen LogP contribution in [0.1, 0.15) is 31.1 Å². The van der Waals surface area contributed by atoms with Crippen molar-refractivity contribution in [2.45, 2.75) is 33.1 Å². The second-order valence-electron chi connectivity index (χ2n) is 7.03. The largest absolute Gasteiger partial charge is 0.490 e. The van der Waals surface area contributed by atoms with E-state index in [0.717, 1.165) is 0 Å². The van der Waals surface area contributed by atoms with Gasteiger partial charge in [0.15, 0.2) is 5.82 Å². The van der Waals surface area contributed by atoms with Gasteiger partial charge in [-0.15, -0.1) is 0 Å². The molecule has 168 valence electrons. The summed E-state index contributed by atoms with van der Waals surface area (Å²) in [4.78, 5) is 30.2. The Balaban J connectivity index is 1.84. The van der Waals surface area contributed by atoms with Gasteiger partial charge >= 0.3 is 11.8 Å². The zero-order valence-electron chi connectivity index (χ0n) is 17.7. The number of methoxy groups -OCH3 is 1. The maximum atomic E-state index is 11.6. The number of ether oxygens (including phenoxy) is 2. The number of carboxylic acid groups (broad SMARTS) is 1. The molecule has 12 nitrogen and oxygen atoms in total. The lowest BCUT2D eigenvalue weighted by molar-refractivity contribution is -0.385. The molecule has 0 aliphatic rings. The highest BCUT2D eigenvalue weighted by Gasteiger charge is 2.24. The number of nitrogens with zero attached hydrogens (tertiary/aromatic N) is 5. The fourth-order valence-corrected chi connectivity index (χ4v) is 2.93. The molecule has 0 spiro atoms. The molecule has 0 aliphatic heterocycles. The summed E-state index contributed by atoms with van der Waals surface area (Å²) in [5.74, 6) is 0.539. The van der Waals surface area contributed by atoms with Crippen LogP contribution in [0.25, 0.3) is 11.4 Å². The monoisotopic (exact) mass is 442 g/mol. The number of rotatable bonds is 9. The van der Waals surface area contributed by atoms with Crippen molar-refractivity contribution >= 4 is 17.6 Å². The van der Waals surface area contributed by atoms with Crippen LogP contribution in [0.5, 0.6) is 5.75 Å². The van der Waals surface area contributed by atoms with E-state index in [1.807, 2.05) is 13.8 Å². The highest BCUT2D eigenvalue weighted by atomic mass is 16.6. The molecule has 0 radical (unpaired) electrons. The van der Waals surface area contributed by atoms with Gasteiger partial charge in [-0.2, -0.15) is 5.10 Å². The summed E-state index contributed by atoms with van der Waals surface area (Å²) in [6, 6.07) is 7.96. The number of aromatic nitrogens is 4. The van der Waals surface area contributed by atoms with E-state index < -0.39 is 11.0 Å². The van der Waals surface area contributed by atoms with Crippen molar-refractivity contribution in [1.29, 1.82) is 0 Å². The summed E-state index contributed by atoms with van der Waals surface area (Å²) in [6.45, 7) is 4.00. The van der Waals surface area contributed by atoms with Gasteiger partial charge in [-0.3, -0.25) is 15.4 Å². The Morgan fingerprint density at radius 3 is 2.72 bits per heavy atom. The molecule has 0 fully saturated rings. The van der Waals surface area contributed by atoms with Crippen molar-refractivity contribution in [2.24, 2.45) is 0 Å². The van der Waals surface area contributed by atoms with Gasteiger partial charge < -0.3 is 14.6 Å². The number of hydrogen-bond donors (Lipinski definition) is 2. The van der Waals surface area contributed by atoms with Crippen LogP contribution in [0.3, 0.4) is 0 Å². The van der Waals surface area contributed by atoms with Crippen LogP contribution < -0.4 is 10.1 Å². The van der Waals surface area contributed by atoms with Gasteiger partial charge in [-0.1, -0.05) is 6.07 Å². The second-order valence-corrected chi connectivity index (χ2v) is 7.03. The van der Waals surface area contributed by atoms with Crippen LogP contribution >= 0.6 is 0 Å². The zero-order chi connectivity index (χ0) is 23.3. The molecule has 1 amide bonds. The zero-order valence-corrected chi connectivity index (χ0v) is 17.7. The van der Waals surface area contributed by atoms with E-state index in [1.165, 1.54) is 19.2 Å². The summed E-state index contributed by atoms with van der Waals surface area (Å²) >= 11 is 0. The van der Waals surface area contributed by atoms with Gasteiger partial charge in [0.25, 0.3) is 0 Å². The van der Waals surface area contributed by atoms with Crippen molar-refractivity contribution in [2.75, 3.05) is 12.4 Å². The average molecular weight is 442 g/mol. The Bertz CT molecular complexity index is 1130. The SMILES string of the molecule is COc1c(-c2ncn(C(C)C)n2)cc(COCc2cccc(NC(=O)O)n2)cc1[N+](=O)[O-]. The molecule has 3 aromatic rings. The first-order chi connectivity index (χ1) is 15.3. The highest BCUT2D eigenvalue weighted by molar-refractivity contribution is 5.81. The maximum absolute atomic E-state index is 11.6. The van der Waals surface area contributed by atoms with Gasteiger partial charge in [0.05, 0.1) is 36.5 Å². The molecule has 1 aromatic carbocycles. The molecule has 2 heterocycles. The summed E-state index contributed by atoms with van der Waals surface area (Å²) < 4.78 is 12.6. The molecular weight excluding hydrogens is 420 g/mol. The number of hydrogen-bond acceptors (Lipinski definition) is 8. The fourth-order valence-electron chi connectivity index (χ4n) is 2.93. The number of carbonyl (C=O) groups is 1. The number of benzene rings is 1. The van der Waals surface area contributed by atoms with Crippen molar-refractivity contribution in [1.82, 2.24) is 19.7 Å². The minimum Gasteiger partial charge on any atom is -0.490 e. The Morgan fingerprint density at radius 2 is 2.09 bits per heavy atom. The lowest BCUT2D eigenvalue weighted by Gasteiger charge is -2.11. The summed E-state index contributed by atoms with van der Waals surface area (Å²) in [5.41, 5.74) is 1.17. The highest BCUT2D eigenvalue weighted by Crippen LogP contribution is 2.38. The molecule has 2 N–H and O–H groups in total. The first-order valence-corrected chi connectivity index (χ1v) is 9.59. The lowest BCUT2D eigenvalue weighted by Crippen LogP contribution is -2.09. The molecule has 0 unspecified atom stereocenters. The lowest BCUT2D eigenvalue weighted by atomic mass is 10.1. The minimum atomic E-state index is -1.22. The first kappa shape index (κ1) is 22.6. The molecule has 32 heavy (non-hydrogen) atoms. The summed E-state index contributed by atoms with van der Waals surface area (Å²) in [6.07, 6.45) is 0.334. The molecule has 2 aromatic heterocycles. The molecule has 0 atom stereocenters. The first-order valence-electron chi connectivity index (χ1n) is 9.59. The van der Waals surface area contributed by atoms with Crippen molar-refractivity contribution in [3.8, 4) is 17.1 Å². The van der Waals surface area contributed by atoms with Crippen molar-refractivity contribution in [3.05, 3.63) is 58.0 Å². The van der Waals surface area contributed by atoms with Crippen LogP contribution in [0.15, 0.2) is 36.7 Å². The van der Waals surface area contributed by atoms with Gasteiger partial charge in [0, 0.05) is 12.1 Å². The second kappa shape index (κ2) is 9.83. The quantitative estimate of drug-likeness (QED) is 0.373. The third kappa shape index (κ3) is 5.35. The summed E-state index contributed by atoms with van der Waals surface area (Å²) in [5, 5.41) is 27.0. The smallest absolute Gasteiger partial charge is 0.410 e. The fraction of sp³-hybridized carbons (Fsp3) is 0.300. The Morgan fingerprint density at radius 1 is 1.31 bits per heavy atom. The van der Waals surface area contributed by atoms with Gasteiger partial charge in [-0.05, 0) is 37.6 Å². The van der Waals surface area contributed by atoms with Gasteiger partial charge in [0.1, 0.15) is 12.1 Å². The van der Waals surface area contributed by atoms with E-state index >= 15 is 0 Å². The van der Waals surface area contributed by atoms with E-state index in [9.17, 15) is 14.9 Å². The molecule has 0 saturated carbocycles. The van der Waals surface area contributed by atoms with Gasteiger partial charge in [0.2, 0.25) is 5.75 Å². The normalized spacial score (nSPS) is 10.9. The van der Waals surface area contributed by atoms with Crippen LogP contribution in [0.4, 0.5) is 16.3 Å². The van der Waals surface area contributed by atoms with Crippen LogP contribution in [-0.4, -0.2) is 43.0 Å². The number of amides is 1. The predicted molar refractivity (Wildman–Crippen MR) is 113 cm³/mol. The topological polar surface area (TPSA) is 155 Å². The molecule has 12 heteroatoms. The Hall–Kier alpha value is -4.06. The minimum absolute atomic E-state index is 0.0426. The van der Waals surface area contributed by atoms with E-state index in [0.29, 0.717) is 22.6 Å². The molecule has 0 bridgehead atoms. The number of nitro groups is 1. The Kier molecular flexibility index (Phi) is 6.95. The predicted octanol–water partition coefficient (Wildman–Crippen LogP) is 3.64. The third-order valence-corrected chi connectivity index (χ3v) is 4.37. The summed E-state index contributed by atoms with van der Waals surface area (Å²) in [7, 11) is 1.35. The van der Waals surface area contributed by atoms with E-state index in [2.05, 4.69) is 20.4 Å². The van der Waals surface area contributed by atoms with Crippen LogP contribution in [-0.2, 0) is 18.0 Å². The van der Waals surface area contributed by atoms with E-state index in [-0.39, 0.29) is 36.5 Å². The molecule has 3 rings (SSSR count). The van der Waals surface area contributed by atoms with Gasteiger partial charge in [-0.25, -0.2) is 19.4 Å².